The van der Waals surface area contributed by atoms with Crippen molar-refractivity contribution in [2.45, 2.75) is 32.0 Å². The van der Waals surface area contributed by atoms with Gasteiger partial charge in [0.2, 0.25) is 6.41 Å². The number of carbonyl (C=O) groups is 1. The molecule has 0 spiro atoms. The maximum Gasteiger partial charge on any atom is 0.218 e. The topological polar surface area (TPSA) is 43.7 Å². The van der Waals surface area contributed by atoms with Gasteiger partial charge in [-0.1, -0.05) is 46.3 Å². The first-order valence-electron chi connectivity index (χ1n) is 11.5. The molecule has 0 radical (unpaired) electrons. The summed E-state index contributed by atoms with van der Waals surface area (Å²) in [7, 11) is 1.70. The highest BCUT2D eigenvalue weighted by Crippen LogP contribution is 2.44. The fourth-order valence-electron chi connectivity index (χ4n) is 5.51. The first kappa shape index (κ1) is 21.4. The van der Waals surface area contributed by atoms with E-state index in [1.54, 1.807) is 7.11 Å². The van der Waals surface area contributed by atoms with Gasteiger partial charge in [-0.2, -0.15) is 0 Å². The molecule has 34 heavy (non-hydrogen) atoms. The number of aromatic nitrogens is 1. The summed E-state index contributed by atoms with van der Waals surface area (Å²) in [5, 5.41) is 1.15. The van der Waals surface area contributed by atoms with Gasteiger partial charge in [0.25, 0.3) is 0 Å². The van der Waals surface area contributed by atoms with E-state index in [4.69, 9.17) is 9.47 Å². The summed E-state index contributed by atoms with van der Waals surface area (Å²) in [5.74, 6) is 1.55. The summed E-state index contributed by atoms with van der Waals surface area (Å²) < 4.78 is 14.8. The van der Waals surface area contributed by atoms with E-state index in [-0.39, 0.29) is 6.04 Å². The predicted molar refractivity (Wildman–Crippen MR) is 136 cm³/mol. The standard InChI is InChI=1S/C28H25BrN2O3/c1-33-27-11-19-9-10-30-15-26-23(22-12-20(29)7-8-24(22)31(26)17-32)13-25(30)21(19)14-28(27)34-16-18-5-3-2-4-6-18/h2-8,11-12,14,17,25H,9-10,13,15-16H2,1H3. The molecule has 0 fully saturated rings. The molecule has 1 atom stereocenters. The van der Waals surface area contributed by atoms with Crippen molar-refractivity contribution in [3.63, 3.8) is 0 Å². The molecule has 5 nitrogen and oxygen atoms in total. The Balaban J connectivity index is 1.40. The minimum absolute atomic E-state index is 0.242. The van der Waals surface area contributed by atoms with E-state index in [1.165, 1.54) is 16.7 Å². The second kappa shape index (κ2) is 8.60. The Morgan fingerprint density at radius 3 is 2.74 bits per heavy atom. The Bertz CT molecular complexity index is 1400. The molecule has 172 valence electrons. The fourth-order valence-corrected chi connectivity index (χ4v) is 5.87. The van der Waals surface area contributed by atoms with Crippen molar-refractivity contribution in [2.24, 2.45) is 0 Å². The second-order valence-electron chi connectivity index (χ2n) is 8.98. The first-order valence-corrected chi connectivity index (χ1v) is 12.3. The van der Waals surface area contributed by atoms with Gasteiger partial charge in [-0.3, -0.25) is 14.3 Å². The van der Waals surface area contributed by atoms with Crippen LogP contribution in [-0.4, -0.2) is 29.5 Å². The lowest BCUT2D eigenvalue weighted by Crippen LogP contribution is -2.39. The normalized spacial score (nSPS) is 17.1. The van der Waals surface area contributed by atoms with Gasteiger partial charge in [0.15, 0.2) is 11.5 Å². The van der Waals surface area contributed by atoms with E-state index in [2.05, 4.69) is 51.2 Å². The number of rotatable bonds is 5. The SMILES string of the molecule is COc1cc2c(cc1OCc1ccccc1)C1Cc3c(n(C=O)c4ccc(Br)cc34)CN1CC2. The highest BCUT2D eigenvalue weighted by Gasteiger charge is 2.36. The number of fused-ring (bicyclic) bond motifs is 6. The summed E-state index contributed by atoms with van der Waals surface area (Å²) in [6.07, 6.45) is 2.76. The van der Waals surface area contributed by atoms with Gasteiger partial charge in [-0.15, -0.1) is 0 Å². The second-order valence-corrected chi connectivity index (χ2v) is 9.89. The third-order valence-corrected chi connectivity index (χ3v) is 7.66. The summed E-state index contributed by atoms with van der Waals surface area (Å²) in [6, 6.07) is 20.9. The highest BCUT2D eigenvalue weighted by molar-refractivity contribution is 9.10. The molecule has 3 aromatic carbocycles. The van der Waals surface area contributed by atoms with Gasteiger partial charge in [0.1, 0.15) is 6.61 Å². The number of nitrogens with zero attached hydrogens (tertiary/aromatic N) is 2. The third-order valence-electron chi connectivity index (χ3n) is 7.17. The largest absolute Gasteiger partial charge is 0.493 e. The molecule has 0 N–H and O–H groups in total. The van der Waals surface area contributed by atoms with Crippen molar-refractivity contribution in [3.8, 4) is 11.5 Å². The summed E-state index contributed by atoms with van der Waals surface area (Å²) >= 11 is 3.61. The lowest BCUT2D eigenvalue weighted by Gasteiger charge is -2.41. The van der Waals surface area contributed by atoms with Crippen molar-refractivity contribution in [3.05, 3.63) is 93.1 Å². The van der Waals surface area contributed by atoms with Gasteiger partial charge < -0.3 is 9.47 Å². The van der Waals surface area contributed by atoms with Gasteiger partial charge in [0, 0.05) is 34.7 Å². The maximum absolute atomic E-state index is 12.0. The number of ether oxygens (including phenoxy) is 2. The van der Waals surface area contributed by atoms with Crippen LogP contribution in [0, 0.1) is 0 Å². The lowest BCUT2D eigenvalue weighted by molar-refractivity contribution is 0.157. The number of halogens is 1. The van der Waals surface area contributed by atoms with Gasteiger partial charge in [-0.25, -0.2) is 0 Å². The van der Waals surface area contributed by atoms with Crippen LogP contribution >= 0.6 is 15.9 Å². The molecule has 0 saturated carbocycles. The molecular weight excluding hydrogens is 492 g/mol. The van der Waals surface area contributed by atoms with E-state index in [9.17, 15) is 4.79 Å². The van der Waals surface area contributed by atoms with Crippen molar-refractivity contribution < 1.29 is 14.3 Å². The van der Waals surface area contributed by atoms with E-state index in [0.29, 0.717) is 6.61 Å². The number of hydrogen-bond acceptors (Lipinski definition) is 4. The number of hydrogen-bond donors (Lipinski definition) is 0. The van der Waals surface area contributed by atoms with Crippen LogP contribution in [0.4, 0.5) is 0 Å². The van der Waals surface area contributed by atoms with E-state index < -0.39 is 0 Å². The molecule has 1 aromatic heterocycles. The molecule has 0 bridgehead atoms. The molecule has 2 aliphatic heterocycles. The Labute approximate surface area is 207 Å². The quantitative estimate of drug-likeness (QED) is 0.320. The van der Waals surface area contributed by atoms with Crippen LogP contribution in [0.2, 0.25) is 0 Å². The first-order chi connectivity index (χ1) is 16.7. The Hall–Kier alpha value is -3.09. The average molecular weight is 517 g/mol. The Morgan fingerprint density at radius 1 is 1.09 bits per heavy atom. The third kappa shape index (κ3) is 3.53. The minimum atomic E-state index is 0.242. The molecule has 0 aliphatic carbocycles. The Morgan fingerprint density at radius 2 is 1.94 bits per heavy atom. The number of benzene rings is 3. The molecule has 2 aliphatic rings. The van der Waals surface area contributed by atoms with Crippen molar-refractivity contribution in [1.29, 1.82) is 0 Å². The molecular formula is C28H25BrN2O3. The lowest BCUT2D eigenvalue weighted by atomic mass is 9.85. The molecule has 1 unspecified atom stereocenters. The van der Waals surface area contributed by atoms with Crippen LogP contribution in [0.5, 0.6) is 11.5 Å². The number of carbonyl (C=O) groups excluding carboxylic acids is 1. The van der Waals surface area contributed by atoms with E-state index in [1.807, 2.05) is 34.9 Å². The maximum atomic E-state index is 12.0. The summed E-state index contributed by atoms with van der Waals surface area (Å²) in [4.78, 5) is 14.5. The van der Waals surface area contributed by atoms with Crippen molar-refractivity contribution >= 4 is 33.2 Å². The zero-order valence-electron chi connectivity index (χ0n) is 19.0. The summed E-state index contributed by atoms with van der Waals surface area (Å²) in [6.45, 7) is 2.21. The van der Waals surface area contributed by atoms with Crippen LogP contribution in [0.25, 0.3) is 10.9 Å². The van der Waals surface area contributed by atoms with Crippen LogP contribution in [0.3, 0.4) is 0 Å². The zero-order chi connectivity index (χ0) is 23.2. The molecule has 6 heteroatoms. The van der Waals surface area contributed by atoms with Gasteiger partial charge in [0.05, 0.1) is 12.6 Å². The zero-order valence-corrected chi connectivity index (χ0v) is 20.5. The summed E-state index contributed by atoms with van der Waals surface area (Å²) in [5.41, 5.74) is 7.08. The van der Waals surface area contributed by atoms with E-state index in [0.717, 1.165) is 70.5 Å². The molecule has 0 amide bonds. The predicted octanol–water partition coefficient (Wildman–Crippen LogP) is 5.69. The highest BCUT2D eigenvalue weighted by atomic mass is 79.9. The van der Waals surface area contributed by atoms with Crippen LogP contribution in [0.1, 0.15) is 34.0 Å². The fraction of sp³-hybridized carbons (Fsp3) is 0.250. The monoisotopic (exact) mass is 516 g/mol. The van der Waals surface area contributed by atoms with Gasteiger partial charge in [-0.05, 0) is 65.4 Å². The van der Waals surface area contributed by atoms with Crippen molar-refractivity contribution in [1.82, 2.24) is 9.47 Å². The molecule has 4 aromatic rings. The minimum Gasteiger partial charge on any atom is -0.493 e. The van der Waals surface area contributed by atoms with Crippen LogP contribution in [-0.2, 0) is 30.8 Å². The molecule has 6 rings (SSSR count). The Kier molecular flexibility index (Phi) is 5.42. The van der Waals surface area contributed by atoms with Gasteiger partial charge >= 0.3 is 0 Å². The molecule has 3 heterocycles. The average Bonchev–Trinajstić information content (AvgIpc) is 3.17. The number of methoxy groups -OCH3 is 1. The van der Waals surface area contributed by atoms with E-state index >= 15 is 0 Å². The van der Waals surface area contributed by atoms with Crippen LogP contribution < -0.4 is 9.47 Å². The molecule has 0 saturated heterocycles. The smallest absolute Gasteiger partial charge is 0.218 e. The van der Waals surface area contributed by atoms with Crippen LogP contribution in [0.15, 0.2) is 65.1 Å². The van der Waals surface area contributed by atoms with Crippen molar-refractivity contribution in [2.75, 3.05) is 13.7 Å².